The van der Waals surface area contributed by atoms with E-state index in [9.17, 15) is 17.6 Å². The van der Waals surface area contributed by atoms with Crippen LogP contribution in [0.15, 0.2) is 36.4 Å². The Hall–Kier alpha value is -2.94. The molecule has 0 aliphatic carbocycles. The van der Waals surface area contributed by atoms with Gasteiger partial charge < -0.3 is 10.1 Å². The number of nitrogens with one attached hydrogen (secondary N) is 1. The number of halogens is 1. The summed E-state index contributed by atoms with van der Waals surface area (Å²) < 4.78 is 43.5. The van der Waals surface area contributed by atoms with Crippen LogP contribution < -0.4 is 10.1 Å². The van der Waals surface area contributed by atoms with Crippen molar-refractivity contribution in [1.29, 1.82) is 0 Å². The Labute approximate surface area is 192 Å². The molecule has 1 unspecified atom stereocenters. The Kier molecular flexibility index (Phi) is 5.72. The number of hydrogen-bond acceptors (Lipinski definition) is 5. The van der Waals surface area contributed by atoms with Crippen molar-refractivity contribution in [3.63, 3.8) is 0 Å². The lowest BCUT2D eigenvalue weighted by Gasteiger charge is -2.38. The van der Waals surface area contributed by atoms with E-state index < -0.39 is 21.7 Å². The molecular weight excluding hydrogens is 445 g/mol. The number of sulfone groups is 1. The molecule has 2 heterocycles. The quantitative estimate of drug-likeness (QED) is 0.583. The number of nitrogens with zero attached hydrogens (tertiary/aromatic N) is 2. The first-order valence-corrected chi connectivity index (χ1v) is 12.7. The average molecular weight is 474 g/mol. The SMILES string of the molecule is Cc1cc2c(cc1C(=O)NC1(C)CS(=O)(=O)C1)c(C(C)C)nn2-c1cccc(OC(C)F)c1. The molecule has 1 fully saturated rings. The molecule has 1 aliphatic rings. The van der Waals surface area contributed by atoms with Gasteiger partial charge in [0.25, 0.3) is 5.91 Å². The molecule has 9 heteroatoms. The smallest absolute Gasteiger partial charge is 0.252 e. The molecule has 1 aromatic heterocycles. The van der Waals surface area contributed by atoms with Crippen LogP contribution in [0.3, 0.4) is 0 Å². The van der Waals surface area contributed by atoms with Crippen molar-refractivity contribution in [2.45, 2.75) is 52.4 Å². The van der Waals surface area contributed by atoms with Gasteiger partial charge in [0.1, 0.15) is 5.75 Å². The van der Waals surface area contributed by atoms with E-state index in [1.165, 1.54) is 6.92 Å². The maximum Gasteiger partial charge on any atom is 0.252 e. The lowest BCUT2D eigenvalue weighted by Crippen LogP contribution is -2.63. The summed E-state index contributed by atoms with van der Waals surface area (Å²) >= 11 is 0. The highest BCUT2D eigenvalue weighted by Crippen LogP contribution is 2.31. The predicted octanol–water partition coefficient (Wildman–Crippen LogP) is 4.07. The molecule has 1 aliphatic heterocycles. The lowest BCUT2D eigenvalue weighted by molar-refractivity contribution is 0.0859. The fourth-order valence-corrected chi connectivity index (χ4v) is 6.38. The third-order valence-electron chi connectivity index (χ3n) is 5.70. The summed E-state index contributed by atoms with van der Waals surface area (Å²) in [6.45, 7) is 8.95. The Morgan fingerprint density at radius 1 is 1.21 bits per heavy atom. The van der Waals surface area contributed by atoms with Crippen molar-refractivity contribution in [2.75, 3.05) is 11.5 Å². The molecule has 4 rings (SSSR count). The molecule has 33 heavy (non-hydrogen) atoms. The monoisotopic (exact) mass is 473 g/mol. The summed E-state index contributed by atoms with van der Waals surface area (Å²) in [4.78, 5) is 13.0. The molecule has 0 saturated carbocycles. The Morgan fingerprint density at radius 3 is 2.52 bits per heavy atom. The number of ether oxygens (including phenoxy) is 1. The molecule has 0 spiro atoms. The number of fused-ring (bicyclic) bond motifs is 1. The van der Waals surface area contributed by atoms with Crippen LogP contribution in [0.25, 0.3) is 16.6 Å². The van der Waals surface area contributed by atoms with E-state index in [-0.39, 0.29) is 23.3 Å². The van der Waals surface area contributed by atoms with Crippen molar-refractivity contribution >= 4 is 26.6 Å². The highest BCUT2D eigenvalue weighted by Gasteiger charge is 2.45. The van der Waals surface area contributed by atoms with Gasteiger partial charge in [-0.3, -0.25) is 4.79 Å². The summed E-state index contributed by atoms with van der Waals surface area (Å²) in [5, 5.41) is 8.51. The average Bonchev–Trinajstić information content (AvgIpc) is 3.03. The minimum absolute atomic E-state index is 0.0574. The molecule has 1 amide bonds. The molecule has 0 radical (unpaired) electrons. The number of hydrogen-bond donors (Lipinski definition) is 1. The van der Waals surface area contributed by atoms with Gasteiger partial charge in [-0.15, -0.1) is 0 Å². The zero-order valence-corrected chi connectivity index (χ0v) is 20.2. The van der Waals surface area contributed by atoms with Crippen LogP contribution in [0.1, 0.15) is 55.2 Å². The molecule has 3 aromatic rings. The van der Waals surface area contributed by atoms with E-state index in [2.05, 4.69) is 5.32 Å². The second-order valence-electron chi connectivity index (χ2n) is 9.34. The summed E-state index contributed by atoms with van der Waals surface area (Å²) in [5.41, 5.74) is 2.83. The summed E-state index contributed by atoms with van der Waals surface area (Å²) in [6, 6.07) is 10.8. The number of benzene rings is 2. The maximum absolute atomic E-state index is 13.3. The van der Waals surface area contributed by atoms with Gasteiger partial charge in [0.05, 0.1) is 33.9 Å². The Morgan fingerprint density at radius 2 is 1.91 bits per heavy atom. The van der Waals surface area contributed by atoms with E-state index in [1.807, 2.05) is 39.0 Å². The Balaban J connectivity index is 1.77. The summed E-state index contributed by atoms with van der Waals surface area (Å²) in [6.07, 6.45) is -1.43. The van der Waals surface area contributed by atoms with Gasteiger partial charge in [-0.2, -0.15) is 5.10 Å². The number of alkyl halides is 1. The third kappa shape index (κ3) is 4.59. The largest absolute Gasteiger partial charge is 0.461 e. The van der Waals surface area contributed by atoms with Crippen LogP contribution in [0.2, 0.25) is 0 Å². The van der Waals surface area contributed by atoms with E-state index in [0.717, 1.165) is 22.2 Å². The normalized spacial score (nSPS) is 17.5. The van der Waals surface area contributed by atoms with Crippen LogP contribution in [-0.4, -0.2) is 47.5 Å². The highest BCUT2D eigenvalue weighted by atomic mass is 32.2. The zero-order chi connectivity index (χ0) is 24.1. The van der Waals surface area contributed by atoms with Crippen molar-refractivity contribution in [2.24, 2.45) is 0 Å². The van der Waals surface area contributed by atoms with Crippen LogP contribution in [0.4, 0.5) is 4.39 Å². The third-order valence-corrected chi connectivity index (χ3v) is 7.85. The summed E-state index contributed by atoms with van der Waals surface area (Å²) in [7, 11) is -3.08. The highest BCUT2D eigenvalue weighted by molar-refractivity contribution is 7.93. The van der Waals surface area contributed by atoms with Crippen molar-refractivity contribution in [1.82, 2.24) is 15.1 Å². The second kappa shape index (κ2) is 8.13. The first-order chi connectivity index (χ1) is 15.4. The van der Waals surface area contributed by atoms with Gasteiger partial charge in [0, 0.05) is 23.9 Å². The standard InChI is InChI=1S/C24H28FN3O4S/c1-14(2)22-20-11-19(23(29)26-24(5)12-33(30,31)13-24)15(3)9-21(20)28(27-22)17-7-6-8-18(10-17)32-16(4)25/h6-11,14,16H,12-13H2,1-5H3,(H,26,29). The summed E-state index contributed by atoms with van der Waals surface area (Å²) in [5.74, 6) is 0.0678. The molecule has 1 N–H and O–H groups in total. The molecular formula is C24H28FN3O4S. The fraction of sp³-hybridized carbons (Fsp3) is 0.417. The number of aromatic nitrogens is 2. The second-order valence-corrected chi connectivity index (χ2v) is 11.4. The van der Waals surface area contributed by atoms with Gasteiger partial charge in [-0.05, 0) is 49.6 Å². The van der Waals surface area contributed by atoms with Gasteiger partial charge >= 0.3 is 0 Å². The molecule has 1 atom stereocenters. The number of aryl methyl sites for hydroxylation is 1. The molecule has 0 bridgehead atoms. The van der Waals surface area contributed by atoms with Crippen LogP contribution in [0.5, 0.6) is 5.75 Å². The molecule has 176 valence electrons. The van der Waals surface area contributed by atoms with Crippen LogP contribution >= 0.6 is 0 Å². The minimum Gasteiger partial charge on any atom is -0.461 e. The van der Waals surface area contributed by atoms with E-state index >= 15 is 0 Å². The topological polar surface area (TPSA) is 90.3 Å². The van der Waals surface area contributed by atoms with Crippen LogP contribution in [-0.2, 0) is 9.84 Å². The predicted molar refractivity (Wildman–Crippen MR) is 126 cm³/mol. The van der Waals surface area contributed by atoms with E-state index in [0.29, 0.717) is 17.0 Å². The number of carbonyl (C=O) groups is 1. The number of rotatable bonds is 6. The van der Waals surface area contributed by atoms with E-state index in [4.69, 9.17) is 9.84 Å². The maximum atomic E-state index is 13.3. The first-order valence-electron chi connectivity index (χ1n) is 10.8. The van der Waals surface area contributed by atoms with Gasteiger partial charge in [-0.25, -0.2) is 17.5 Å². The molecule has 2 aromatic carbocycles. The molecule has 1 saturated heterocycles. The van der Waals surface area contributed by atoms with Crippen molar-refractivity contribution in [3.05, 3.63) is 53.2 Å². The van der Waals surface area contributed by atoms with Crippen molar-refractivity contribution < 1.29 is 22.3 Å². The Bertz CT molecular complexity index is 1330. The van der Waals surface area contributed by atoms with Gasteiger partial charge in [0.2, 0.25) is 6.36 Å². The molecule has 7 nitrogen and oxygen atoms in total. The number of amides is 1. The minimum atomic E-state index is -3.08. The zero-order valence-electron chi connectivity index (χ0n) is 19.3. The fourth-order valence-electron chi connectivity index (χ4n) is 4.37. The van der Waals surface area contributed by atoms with E-state index in [1.54, 1.807) is 29.8 Å². The van der Waals surface area contributed by atoms with Crippen LogP contribution in [0, 0.1) is 6.92 Å². The number of carbonyl (C=O) groups excluding carboxylic acids is 1. The van der Waals surface area contributed by atoms with Gasteiger partial charge in [0.15, 0.2) is 9.84 Å². The lowest BCUT2D eigenvalue weighted by atomic mass is 9.99. The van der Waals surface area contributed by atoms with Crippen molar-refractivity contribution in [3.8, 4) is 11.4 Å². The first kappa shape index (κ1) is 23.2. The van der Waals surface area contributed by atoms with Gasteiger partial charge in [-0.1, -0.05) is 19.9 Å².